The van der Waals surface area contributed by atoms with Crippen molar-refractivity contribution in [2.45, 2.75) is 13.0 Å². The number of nitrogens with zero attached hydrogens (tertiary/aromatic N) is 3. The molecule has 1 fully saturated rings. The van der Waals surface area contributed by atoms with E-state index in [0.717, 1.165) is 17.5 Å². The molecule has 0 bridgehead atoms. The Balaban J connectivity index is 1.69. The Hall–Kier alpha value is -2.77. The molecule has 2 aliphatic heterocycles. The summed E-state index contributed by atoms with van der Waals surface area (Å²) in [6.45, 7) is 2.55. The Labute approximate surface area is 152 Å². The first-order chi connectivity index (χ1) is 12.6. The number of hydrogen-bond donors (Lipinski definition) is 0. The monoisotopic (exact) mass is 361 g/mol. The average Bonchev–Trinajstić information content (AvgIpc) is 2.71. The van der Waals surface area contributed by atoms with E-state index in [-0.39, 0.29) is 0 Å². The SMILES string of the molecule is COc1cc2c(cc1OC)CN(C(=O)C(=O)N1CCN(C=O)CC1)CC2. The van der Waals surface area contributed by atoms with Gasteiger partial charge in [-0.2, -0.15) is 0 Å². The van der Waals surface area contributed by atoms with E-state index in [4.69, 9.17) is 9.47 Å². The van der Waals surface area contributed by atoms with Crippen LogP contribution in [0.1, 0.15) is 11.1 Å². The van der Waals surface area contributed by atoms with Gasteiger partial charge >= 0.3 is 11.8 Å². The highest BCUT2D eigenvalue weighted by molar-refractivity contribution is 6.34. The molecule has 0 unspecified atom stereocenters. The highest BCUT2D eigenvalue weighted by atomic mass is 16.5. The van der Waals surface area contributed by atoms with Crippen molar-refractivity contribution >= 4 is 18.2 Å². The van der Waals surface area contributed by atoms with E-state index < -0.39 is 11.8 Å². The summed E-state index contributed by atoms with van der Waals surface area (Å²) in [7, 11) is 3.16. The number of hydrogen-bond acceptors (Lipinski definition) is 5. The molecule has 3 amide bonds. The van der Waals surface area contributed by atoms with E-state index in [1.54, 1.807) is 24.0 Å². The van der Waals surface area contributed by atoms with E-state index in [9.17, 15) is 14.4 Å². The number of ether oxygens (including phenoxy) is 2. The van der Waals surface area contributed by atoms with Crippen LogP contribution in [0.5, 0.6) is 11.5 Å². The maximum Gasteiger partial charge on any atom is 0.312 e. The molecule has 1 aromatic carbocycles. The van der Waals surface area contributed by atoms with Crippen LogP contribution in [-0.2, 0) is 27.3 Å². The van der Waals surface area contributed by atoms with Crippen molar-refractivity contribution in [1.82, 2.24) is 14.7 Å². The van der Waals surface area contributed by atoms with Gasteiger partial charge in [0.15, 0.2) is 11.5 Å². The van der Waals surface area contributed by atoms with Crippen LogP contribution >= 0.6 is 0 Å². The van der Waals surface area contributed by atoms with Gasteiger partial charge in [-0.25, -0.2) is 0 Å². The van der Waals surface area contributed by atoms with Gasteiger partial charge in [-0.1, -0.05) is 0 Å². The average molecular weight is 361 g/mol. The van der Waals surface area contributed by atoms with Crippen LogP contribution in [0, 0.1) is 0 Å². The Morgan fingerprint density at radius 2 is 1.46 bits per heavy atom. The quantitative estimate of drug-likeness (QED) is 0.554. The molecule has 0 N–H and O–H groups in total. The second kappa shape index (κ2) is 7.63. The van der Waals surface area contributed by atoms with Crippen LogP contribution in [-0.4, -0.2) is 79.9 Å². The van der Waals surface area contributed by atoms with Crippen molar-refractivity contribution in [2.24, 2.45) is 0 Å². The lowest BCUT2D eigenvalue weighted by atomic mass is 9.98. The molecule has 3 rings (SSSR count). The van der Waals surface area contributed by atoms with Gasteiger partial charge in [-0.15, -0.1) is 0 Å². The molecule has 0 aromatic heterocycles. The van der Waals surface area contributed by atoms with E-state index in [2.05, 4.69) is 0 Å². The normalized spacial score (nSPS) is 16.8. The van der Waals surface area contributed by atoms with Crippen molar-refractivity contribution in [3.63, 3.8) is 0 Å². The molecule has 1 aromatic rings. The van der Waals surface area contributed by atoms with Gasteiger partial charge in [0.2, 0.25) is 6.41 Å². The summed E-state index contributed by atoms with van der Waals surface area (Å²) in [6.07, 6.45) is 1.43. The predicted octanol–water partition coefficient (Wildman–Crippen LogP) is -0.111. The van der Waals surface area contributed by atoms with Gasteiger partial charge in [0, 0.05) is 39.3 Å². The van der Waals surface area contributed by atoms with Crippen molar-refractivity contribution in [3.8, 4) is 11.5 Å². The van der Waals surface area contributed by atoms with Crippen LogP contribution in [0.15, 0.2) is 12.1 Å². The minimum atomic E-state index is -0.500. The second-order valence-electron chi connectivity index (χ2n) is 6.39. The smallest absolute Gasteiger partial charge is 0.312 e. The van der Waals surface area contributed by atoms with Gasteiger partial charge in [-0.05, 0) is 29.7 Å². The summed E-state index contributed by atoms with van der Waals surface area (Å²) in [6, 6.07) is 3.79. The molecule has 0 spiro atoms. The topological polar surface area (TPSA) is 79.4 Å². The molecular formula is C18H23N3O5. The minimum Gasteiger partial charge on any atom is -0.493 e. The van der Waals surface area contributed by atoms with Gasteiger partial charge in [0.1, 0.15) is 0 Å². The molecule has 8 heteroatoms. The molecule has 0 radical (unpaired) electrons. The maximum absolute atomic E-state index is 12.6. The molecule has 0 atom stereocenters. The summed E-state index contributed by atoms with van der Waals surface area (Å²) in [5, 5.41) is 0. The summed E-state index contributed by atoms with van der Waals surface area (Å²) in [5.41, 5.74) is 2.06. The maximum atomic E-state index is 12.6. The lowest BCUT2D eigenvalue weighted by Crippen LogP contribution is -2.53. The summed E-state index contributed by atoms with van der Waals surface area (Å²) in [4.78, 5) is 40.6. The molecule has 26 heavy (non-hydrogen) atoms. The molecule has 1 saturated heterocycles. The first kappa shape index (κ1) is 18.0. The van der Waals surface area contributed by atoms with Gasteiger partial charge in [-0.3, -0.25) is 14.4 Å². The number of amides is 3. The molecule has 8 nitrogen and oxygen atoms in total. The van der Waals surface area contributed by atoms with Crippen molar-refractivity contribution < 1.29 is 23.9 Å². The predicted molar refractivity (Wildman–Crippen MR) is 92.9 cm³/mol. The van der Waals surface area contributed by atoms with E-state index >= 15 is 0 Å². The van der Waals surface area contributed by atoms with E-state index in [0.29, 0.717) is 57.2 Å². The number of methoxy groups -OCH3 is 2. The zero-order valence-corrected chi connectivity index (χ0v) is 15.1. The Kier molecular flexibility index (Phi) is 5.29. The molecule has 0 saturated carbocycles. The number of piperazine rings is 1. The Morgan fingerprint density at radius 1 is 0.885 bits per heavy atom. The van der Waals surface area contributed by atoms with Crippen molar-refractivity contribution in [1.29, 1.82) is 0 Å². The highest BCUT2D eigenvalue weighted by Gasteiger charge is 2.31. The first-order valence-electron chi connectivity index (χ1n) is 8.58. The van der Waals surface area contributed by atoms with Crippen LogP contribution < -0.4 is 9.47 Å². The fraction of sp³-hybridized carbons (Fsp3) is 0.500. The molecule has 140 valence electrons. The lowest BCUT2D eigenvalue weighted by molar-refractivity contribution is -0.153. The fourth-order valence-corrected chi connectivity index (χ4v) is 3.36. The number of rotatable bonds is 3. The number of fused-ring (bicyclic) bond motifs is 1. The van der Waals surface area contributed by atoms with E-state index in [1.165, 1.54) is 4.90 Å². The fourth-order valence-electron chi connectivity index (χ4n) is 3.36. The lowest BCUT2D eigenvalue weighted by Gasteiger charge is -2.34. The standard InChI is InChI=1S/C18H23N3O5/c1-25-15-9-13-3-4-21(11-14(13)10-16(15)26-2)18(24)17(23)20-7-5-19(12-22)6-8-20/h9-10,12H,3-8,11H2,1-2H3. The summed E-state index contributed by atoms with van der Waals surface area (Å²) >= 11 is 0. The van der Waals surface area contributed by atoms with Crippen LogP contribution in [0.25, 0.3) is 0 Å². The zero-order valence-electron chi connectivity index (χ0n) is 15.1. The van der Waals surface area contributed by atoms with Crippen molar-refractivity contribution in [3.05, 3.63) is 23.3 Å². The number of carbonyl (C=O) groups is 3. The minimum absolute atomic E-state index is 0.370. The number of benzene rings is 1. The zero-order chi connectivity index (χ0) is 18.7. The van der Waals surface area contributed by atoms with E-state index in [1.807, 2.05) is 12.1 Å². The van der Waals surface area contributed by atoms with Crippen LogP contribution in [0.3, 0.4) is 0 Å². The third kappa shape index (κ3) is 3.44. The summed E-state index contributed by atoms with van der Waals surface area (Å²) in [5.74, 6) is 0.275. The van der Waals surface area contributed by atoms with Gasteiger partial charge in [0.25, 0.3) is 0 Å². The summed E-state index contributed by atoms with van der Waals surface area (Å²) < 4.78 is 10.6. The third-order valence-electron chi connectivity index (χ3n) is 4.94. The highest BCUT2D eigenvalue weighted by Crippen LogP contribution is 2.33. The van der Waals surface area contributed by atoms with Gasteiger partial charge in [0.05, 0.1) is 14.2 Å². The van der Waals surface area contributed by atoms with Gasteiger partial charge < -0.3 is 24.2 Å². The molecule has 0 aliphatic carbocycles. The van der Waals surface area contributed by atoms with Crippen LogP contribution in [0.2, 0.25) is 0 Å². The first-order valence-corrected chi connectivity index (χ1v) is 8.58. The Bertz CT molecular complexity index is 713. The number of carbonyl (C=O) groups excluding carboxylic acids is 3. The van der Waals surface area contributed by atoms with Crippen LogP contribution in [0.4, 0.5) is 0 Å². The third-order valence-corrected chi connectivity index (χ3v) is 4.94. The van der Waals surface area contributed by atoms with Crippen molar-refractivity contribution in [2.75, 3.05) is 46.9 Å². The Morgan fingerprint density at radius 3 is 2.04 bits per heavy atom. The molecular weight excluding hydrogens is 338 g/mol. The largest absolute Gasteiger partial charge is 0.493 e. The molecule has 2 heterocycles. The molecule has 2 aliphatic rings. The second-order valence-corrected chi connectivity index (χ2v) is 6.39.